The zero-order valence-electron chi connectivity index (χ0n) is 13.4. The molecule has 0 saturated carbocycles. The maximum Gasteiger partial charge on any atom is 0.328 e. The van der Waals surface area contributed by atoms with E-state index in [1.807, 2.05) is 21.7 Å². The average Bonchev–Trinajstić information content (AvgIpc) is 2.22. The van der Waals surface area contributed by atoms with E-state index in [1.54, 1.807) is 0 Å². The van der Waals surface area contributed by atoms with E-state index in [0.717, 1.165) is 6.42 Å². The van der Waals surface area contributed by atoms with Gasteiger partial charge in [-0.1, -0.05) is 13.8 Å². The van der Waals surface area contributed by atoms with Crippen molar-refractivity contribution in [3.63, 3.8) is 0 Å². The molecule has 0 aromatic heterocycles. The molecular weight excluding hydrogens is 278 g/mol. The summed E-state index contributed by atoms with van der Waals surface area (Å²) in [4.78, 5) is 0. The monoisotopic (exact) mass is 306 g/mol. The molecule has 1 aliphatic heterocycles. The van der Waals surface area contributed by atoms with Gasteiger partial charge in [0, 0.05) is 13.1 Å². The maximum absolute atomic E-state index is 12.3. The van der Waals surface area contributed by atoms with Crippen LogP contribution in [-0.2, 0) is 18.3 Å². The van der Waals surface area contributed by atoms with Crippen molar-refractivity contribution in [1.29, 1.82) is 0 Å². The molecule has 118 valence electrons. The van der Waals surface area contributed by atoms with Gasteiger partial charge in [-0.25, -0.2) is 0 Å². The lowest BCUT2D eigenvalue weighted by Gasteiger charge is -2.40. The van der Waals surface area contributed by atoms with Crippen LogP contribution in [0.15, 0.2) is 0 Å². The molecule has 0 bridgehead atoms. The van der Waals surface area contributed by atoms with Crippen LogP contribution in [0.1, 0.15) is 40.5 Å². The second kappa shape index (κ2) is 7.41. The van der Waals surface area contributed by atoms with Crippen molar-refractivity contribution in [2.45, 2.75) is 71.0 Å². The number of aliphatic hydroxyl groups excluding tert-OH is 1. The lowest BCUT2D eigenvalue weighted by atomic mass is 9.85. The molecule has 1 fully saturated rings. The van der Waals surface area contributed by atoms with Crippen molar-refractivity contribution >= 4 is 15.4 Å². The van der Waals surface area contributed by atoms with Crippen molar-refractivity contribution in [2.24, 2.45) is 5.92 Å². The molecule has 5 atom stereocenters. The normalized spacial score (nSPS) is 34.4. The first-order valence-corrected chi connectivity index (χ1v) is 9.37. The van der Waals surface area contributed by atoms with Crippen molar-refractivity contribution in [2.75, 3.05) is 6.66 Å². The quantitative estimate of drug-likeness (QED) is 0.598. The zero-order valence-corrected chi connectivity index (χ0v) is 14.3. The molecule has 1 saturated heterocycles. The third-order valence-electron chi connectivity index (χ3n) is 3.25. The highest BCUT2D eigenvalue weighted by atomic mass is 31.2. The summed E-state index contributed by atoms with van der Waals surface area (Å²) in [6, 6.07) is -0.221. The average molecular weight is 306 g/mol. The fourth-order valence-electron chi connectivity index (χ4n) is 2.47. The van der Waals surface area contributed by atoms with Crippen LogP contribution in [-0.4, -0.2) is 50.0 Å². The van der Waals surface area contributed by atoms with Crippen LogP contribution in [0.5, 0.6) is 0 Å². The fourth-order valence-corrected chi connectivity index (χ4v) is 4.00. The smallest absolute Gasteiger partial charge is 0.328 e. The number of hydrogen-bond donors (Lipinski definition) is 1. The molecule has 1 aliphatic rings. The number of aliphatic hydroxyl groups is 1. The van der Waals surface area contributed by atoms with E-state index in [9.17, 15) is 9.67 Å². The third-order valence-corrected chi connectivity index (χ3v) is 4.71. The summed E-state index contributed by atoms with van der Waals surface area (Å²) in [5.74, 6) is 0.441. The van der Waals surface area contributed by atoms with Crippen molar-refractivity contribution in [3.05, 3.63) is 0 Å². The molecule has 7 heteroatoms. The van der Waals surface area contributed by atoms with E-state index in [0.29, 0.717) is 12.3 Å². The number of hydrogen-bond acceptors (Lipinski definition) is 5. The Hall–Kier alpha value is 0.135. The van der Waals surface area contributed by atoms with E-state index >= 15 is 0 Å². The lowest BCUT2D eigenvalue weighted by Crippen LogP contribution is -2.48. The van der Waals surface area contributed by atoms with E-state index in [1.165, 1.54) is 6.66 Å². The van der Waals surface area contributed by atoms with Gasteiger partial charge in [-0.05, 0) is 26.2 Å². The van der Waals surface area contributed by atoms with Crippen LogP contribution < -0.4 is 0 Å². The summed E-state index contributed by atoms with van der Waals surface area (Å²) >= 11 is 0. The highest BCUT2D eigenvalue weighted by molar-refractivity contribution is 7.53. The summed E-state index contributed by atoms with van der Waals surface area (Å²) in [6.07, 6.45) is -0.0675. The largest absolute Gasteiger partial charge is 0.391 e. The van der Waals surface area contributed by atoms with Crippen LogP contribution in [0.3, 0.4) is 0 Å². The predicted molar refractivity (Wildman–Crippen MR) is 81.9 cm³/mol. The molecule has 20 heavy (non-hydrogen) atoms. The Bertz CT molecular complexity index is 350. The van der Waals surface area contributed by atoms with Crippen molar-refractivity contribution < 1.29 is 23.5 Å². The van der Waals surface area contributed by atoms with Gasteiger partial charge in [-0.2, -0.15) is 0 Å². The Kier molecular flexibility index (Phi) is 6.74. The standard InChI is InChI=1S/C13H28BO5P/c1-8(2)6-11-12(7-10(15)13(14)17-11)19-20(5,16)18-9(3)4/h8-13,15H,6-7,14H2,1-5H3. The first kappa shape index (κ1) is 18.2. The van der Waals surface area contributed by atoms with Gasteiger partial charge in [0.1, 0.15) is 7.85 Å². The van der Waals surface area contributed by atoms with Crippen LogP contribution >= 0.6 is 7.60 Å². The summed E-state index contributed by atoms with van der Waals surface area (Å²) in [6.45, 7) is 9.32. The molecule has 1 heterocycles. The zero-order chi connectivity index (χ0) is 15.5. The molecule has 5 unspecified atom stereocenters. The van der Waals surface area contributed by atoms with Crippen LogP contribution in [0.25, 0.3) is 0 Å². The third kappa shape index (κ3) is 5.86. The van der Waals surface area contributed by atoms with Gasteiger partial charge < -0.3 is 18.9 Å². The molecule has 1 N–H and O–H groups in total. The maximum atomic E-state index is 12.3. The van der Waals surface area contributed by atoms with Crippen molar-refractivity contribution in [3.8, 4) is 0 Å². The highest BCUT2D eigenvalue weighted by Gasteiger charge is 2.39. The van der Waals surface area contributed by atoms with E-state index < -0.39 is 19.8 Å². The van der Waals surface area contributed by atoms with Gasteiger partial charge in [-0.3, -0.25) is 4.57 Å². The summed E-state index contributed by atoms with van der Waals surface area (Å²) in [5.41, 5.74) is 0. The summed E-state index contributed by atoms with van der Waals surface area (Å²) in [5, 5.41) is 9.94. The lowest BCUT2D eigenvalue weighted by molar-refractivity contribution is -0.139. The second-order valence-corrected chi connectivity index (χ2v) is 8.35. The molecular formula is C13H28BO5P. The Labute approximate surface area is 123 Å². The Morgan fingerprint density at radius 2 is 2.00 bits per heavy atom. The van der Waals surface area contributed by atoms with E-state index in [-0.39, 0.29) is 18.2 Å². The molecule has 5 nitrogen and oxygen atoms in total. The van der Waals surface area contributed by atoms with Gasteiger partial charge in [0.05, 0.1) is 30.4 Å². The van der Waals surface area contributed by atoms with Gasteiger partial charge in [-0.15, -0.1) is 0 Å². The van der Waals surface area contributed by atoms with E-state index in [2.05, 4.69) is 13.8 Å². The Balaban J connectivity index is 2.74. The van der Waals surface area contributed by atoms with Crippen molar-refractivity contribution in [1.82, 2.24) is 0 Å². The number of ether oxygens (including phenoxy) is 1. The SMILES string of the molecule is BC1OC(CC(C)C)C(OP(C)(=O)OC(C)C)CC1O. The first-order valence-electron chi connectivity index (χ1n) is 7.38. The van der Waals surface area contributed by atoms with E-state index in [4.69, 9.17) is 13.8 Å². The van der Waals surface area contributed by atoms with Gasteiger partial charge in [0.2, 0.25) is 0 Å². The fraction of sp³-hybridized carbons (Fsp3) is 1.00. The summed E-state index contributed by atoms with van der Waals surface area (Å²) < 4.78 is 29.2. The molecule has 0 aromatic carbocycles. The predicted octanol–water partition coefficient (Wildman–Crippen LogP) is 1.77. The highest BCUT2D eigenvalue weighted by Crippen LogP contribution is 2.48. The first-order chi connectivity index (χ1) is 9.10. The summed E-state index contributed by atoms with van der Waals surface area (Å²) in [7, 11) is -1.28. The minimum Gasteiger partial charge on any atom is -0.391 e. The Morgan fingerprint density at radius 3 is 2.50 bits per heavy atom. The van der Waals surface area contributed by atoms with Crippen LogP contribution in [0.4, 0.5) is 0 Å². The molecule has 0 amide bonds. The number of rotatable bonds is 6. The molecule has 0 spiro atoms. The Morgan fingerprint density at radius 1 is 1.40 bits per heavy atom. The molecule has 0 aliphatic carbocycles. The molecule has 0 aromatic rings. The van der Waals surface area contributed by atoms with Gasteiger partial charge in [0.25, 0.3) is 0 Å². The van der Waals surface area contributed by atoms with Crippen LogP contribution in [0, 0.1) is 5.92 Å². The van der Waals surface area contributed by atoms with Crippen LogP contribution in [0.2, 0.25) is 0 Å². The minimum absolute atomic E-state index is 0.155. The van der Waals surface area contributed by atoms with Gasteiger partial charge >= 0.3 is 7.60 Å². The second-order valence-electron chi connectivity index (χ2n) is 6.38. The molecule has 1 rings (SSSR count). The molecule has 0 radical (unpaired) electrons. The van der Waals surface area contributed by atoms with Gasteiger partial charge in [0.15, 0.2) is 0 Å². The minimum atomic E-state index is -3.14. The topological polar surface area (TPSA) is 65.0 Å².